The second-order valence-corrected chi connectivity index (χ2v) is 7.87. The summed E-state index contributed by atoms with van der Waals surface area (Å²) in [5, 5.41) is 3.16. The molecule has 0 fully saturated rings. The number of anilines is 1. The minimum Gasteiger partial charge on any atom is -0.340 e. The second kappa shape index (κ2) is 9.13. The van der Waals surface area contributed by atoms with Crippen molar-refractivity contribution < 1.29 is 9.69 Å². The molecule has 0 saturated carbocycles. The van der Waals surface area contributed by atoms with Crippen molar-refractivity contribution in [3.8, 4) is 11.3 Å². The Kier molecular flexibility index (Phi) is 6.61. The van der Waals surface area contributed by atoms with E-state index in [2.05, 4.69) is 14.1 Å². The highest BCUT2D eigenvalue weighted by Gasteiger charge is 2.23. The molecule has 0 saturated heterocycles. The van der Waals surface area contributed by atoms with Gasteiger partial charge in [-0.1, -0.05) is 54.1 Å². The van der Waals surface area contributed by atoms with Crippen LogP contribution in [0.2, 0.25) is 5.02 Å². The van der Waals surface area contributed by atoms with Gasteiger partial charge in [0, 0.05) is 23.9 Å². The lowest BCUT2D eigenvalue weighted by Gasteiger charge is -2.21. The first-order chi connectivity index (χ1) is 13.1. The average Bonchev–Trinajstić information content (AvgIpc) is 3.15. The number of thiazole rings is 1. The van der Waals surface area contributed by atoms with Gasteiger partial charge in [0.05, 0.1) is 36.9 Å². The molecule has 1 amide bonds. The summed E-state index contributed by atoms with van der Waals surface area (Å²) in [6.45, 7) is 1.58. The summed E-state index contributed by atoms with van der Waals surface area (Å²) in [6.07, 6.45) is 0.888. The van der Waals surface area contributed by atoms with E-state index in [0.29, 0.717) is 22.3 Å². The average molecular weight is 401 g/mol. The van der Waals surface area contributed by atoms with E-state index in [1.165, 1.54) is 16.2 Å². The van der Waals surface area contributed by atoms with Gasteiger partial charge in [0.2, 0.25) is 0 Å². The van der Waals surface area contributed by atoms with Gasteiger partial charge in [-0.05, 0) is 12.1 Å². The lowest BCUT2D eigenvalue weighted by atomic mass is 10.2. The van der Waals surface area contributed by atoms with Crippen LogP contribution in [0.25, 0.3) is 11.3 Å². The van der Waals surface area contributed by atoms with Crippen LogP contribution in [0.3, 0.4) is 0 Å². The standard InChI is InChI=1S/C21H22ClN3OS/c1-24(2)13-8-14-25(20(26)17-11-6-7-12-18(17)22)21-23-19(15-27-21)16-9-4-3-5-10-16/h3-7,9-12,15H,8,13-14H2,1-2H3/p+1. The molecule has 1 heterocycles. The number of amides is 1. The van der Waals surface area contributed by atoms with Gasteiger partial charge in [-0.15, -0.1) is 11.3 Å². The van der Waals surface area contributed by atoms with E-state index < -0.39 is 0 Å². The van der Waals surface area contributed by atoms with Crippen molar-refractivity contribution in [2.24, 2.45) is 0 Å². The molecular weight excluding hydrogens is 378 g/mol. The first kappa shape index (κ1) is 19.5. The Hall–Kier alpha value is -2.21. The molecule has 1 N–H and O–H groups in total. The molecule has 0 bridgehead atoms. The summed E-state index contributed by atoms with van der Waals surface area (Å²) >= 11 is 7.75. The molecule has 0 unspecified atom stereocenters. The molecule has 1 aromatic heterocycles. The number of carbonyl (C=O) groups excluding carboxylic acids is 1. The molecule has 0 atom stereocenters. The van der Waals surface area contributed by atoms with Crippen LogP contribution < -0.4 is 9.80 Å². The van der Waals surface area contributed by atoms with Crippen molar-refractivity contribution in [2.75, 3.05) is 32.1 Å². The summed E-state index contributed by atoms with van der Waals surface area (Å²) < 4.78 is 0. The van der Waals surface area contributed by atoms with Gasteiger partial charge in [0.25, 0.3) is 5.91 Å². The predicted molar refractivity (Wildman–Crippen MR) is 113 cm³/mol. The van der Waals surface area contributed by atoms with Crippen LogP contribution in [0.4, 0.5) is 5.13 Å². The number of aromatic nitrogens is 1. The molecule has 2 aromatic carbocycles. The quantitative estimate of drug-likeness (QED) is 0.657. The zero-order chi connectivity index (χ0) is 19.2. The first-order valence-electron chi connectivity index (χ1n) is 8.92. The number of benzene rings is 2. The second-order valence-electron chi connectivity index (χ2n) is 6.63. The van der Waals surface area contributed by atoms with E-state index in [0.717, 1.165) is 24.2 Å². The molecular formula is C21H23ClN3OS+. The van der Waals surface area contributed by atoms with E-state index in [1.54, 1.807) is 17.0 Å². The zero-order valence-electron chi connectivity index (χ0n) is 15.5. The Morgan fingerprint density at radius 3 is 2.52 bits per heavy atom. The van der Waals surface area contributed by atoms with Crippen molar-refractivity contribution >= 4 is 34.0 Å². The van der Waals surface area contributed by atoms with E-state index in [9.17, 15) is 4.79 Å². The molecule has 3 rings (SSSR count). The van der Waals surface area contributed by atoms with Crippen molar-refractivity contribution in [3.63, 3.8) is 0 Å². The number of carbonyl (C=O) groups is 1. The van der Waals surface area contributed by atoms with Crippen LogP contribution in [-0.2, 0) is 0 Å². The molecule has 0 aliphatic heterocycles. The number of nitrogens with zero attached hydrogens (tertiary/aromatic N) is 2. The first-order valence-corrected chi connectivity index (χ1v) is 10.2. The molecule has 0 aliphatic carbocycles. The van der Waals surface area contributed by atoms with Crippen LogP contribution in [0, 0.1) is 0 Å². The van der Waals surface area contributed by atoms with E-state index in [1.807, 2.05) is 47.8 Å². The third kappa shape index (κ3) is 4.95. The molecule has 4 nitrogen and oxygen atoms in total. The van der Waals surface area contributed by atoms with E-state index in [-0.39, 0.29) is 5.91 Å². The van der Waals surface area contributed by atoms with Crippen LogP contribution in [-0.4, -0.2) is 38.1 Å². The maximum absolute atomic E-state index is 13.2. The molecule has 0 radical (unpaired) electrons. The lowest BCUT2D eigenvalue weighted by molar-refractivity contribution is -0.858. The van der Waals surface area contributed by atoms with E-state index >= 15 is 0 Å². The highest BCUT2D eigenvalue weighted by atomic mass is 35.5. The third-order valence-corrected chi connectivity index (χ3v) is 5.39. The monoisotopic (exact) mass is 400 g/mol. The minimum atomic E-state index is -0.108. The van der Waals surface area contributed by atoms with Crippen LogP contribution in [0.15, 0.2) is 60.0 Å². The lowest BCUT2D eigenvalue weighted by Crippen LogP contribution is -3.05. The molecule has 3 aromatic rings. The third-order valence-electron chi connectivity index (χ3n) is 4.20. The fourth-order valence-electron chi connectivity index (χ4n) is 2.78. The van der Waals surface area contributed by atoms with Gasteiger partial charge in [-0.3, -0.25) is 9.69 Å². The molecule has 0 spiro atoms. The number of rotatable bonds is 7. The SMILES string of the molecule is C[NH+](C)CCCN(C(=O)c1ccccc1Cl)c1nc(-c2ccccc2)cs1. The number of hydrogen-bond acceptors (Lipinski definition) is 3. The Morgan fingerprint density at radius 2 is 1.81 bits per heavy atom. The predicted octanol–water partition coefficient (Wildman–Crippen LogP) is 3.64. The van der Waals surface area contributed by atoms with Gasteiger partial charge in [0.15, 0.2) is 5.13 Å². The number of quaternary nitrogens is 1. The molecule has 140 valence electrons. The number of nitrogens with one attached hydrogen (secondary N) is 1. The smallest absolute Gasteiger partial charge is 0.261 e. The summed E-state index contributed by atoms with van der Waals surface area (Å²) in [5.41, 5.74) is 2.43. The van der Waals surface area contributed by atoms with Crippen LogP contribution >= 0.6 is 22.9 Å². The fourth-order valence-corrected chi connectivity index (χ4v) is 3.86. The minimum absolute atomic E-state index is 0.108. The van der Waals surface area contributed by atoms with Crippen LogP contribution in [0.5, 0.6) is 0 Å². The van der Waals surface area contributed by atoms with Crippen molar-refractivity contribution in [2.45, 2.75) is 6.42 Å². The van der Waals surface area contributed by atoms with Gasteiger partial charge >= 0.3 is 0 Å². The van der Waals surface area contributed by atoms with Gasteiger partial charge in [-0.25, -0.2) is 4.98 Å². The Bertz CT molecular complexity index is 895. The van der Waals surface area contributed by atoms with Crippen molar-refractivity contribution in [3.05, 3.63) is 70.6 Å². The topological polar surface area (TPSA) is 37.6 Å². The summed E-state index contributed by atoms with van der Waals surface area (Å²) in [6, 6.07) is 17.2. The Balaban J connectivity index is 1.89. The fraction of sp³-hybridized carbons (Fsp3) is 0.238. The maximum Gasteiger partial charge on any atom is 0.261 e. The summed E-state index contributed by atoms with van der Waals surface area (Å²) in [4.78, 5) is 21.0. The van der Waals surface area contributed by atoms with Gasteiger partial charge in [-0.2, -0.15) is 0 Å². The summed E-state index contributed by atoms with van der Waals surface area (Å²) in [7, 11) is 4.22. The number of halogens is 1. The van der Waals surface area contributed by atoms with Gasteiger partial charge < -0.3 is 4.90 Å². The molecule has 6 heteroatoms. The van der Waals surface area contributed by atoms with Crippen molar-refractivity contribution in [1.82, 2.24) is 4.98 Å². The van der Waals surface area contributed by atoms with Crippen LogP contribution in [0.1, 0.15) is 16.8 Å². The largest absolute Gasteiger partial charge is 0.340 e. The zero-order valence-corrected chi connectivity index (χ0v) is 17.1. The molecule has 27 heavy (non-hydrogen) atoms. The normalized spacial score (nSPS) is 11.0. The Morgan fingerprint density at radius 1 is 1.11 bits per heavy atom. The Labute approximate surface area is 169 Å². The highest BCUT2D eigenvalue weighted by Crippen LogP contribution is 2.29. The van der Waals surface area contributed by atoms with Gasteiger partial charge in [0.1, 0.15) is 0 Å². The van der Waals surface area contributed by atoms with Crippen molar-refractivity contribution in [1.29, 1.82) is 0 Å². The number of hydrogen-bond donors (Lipinski definition) is 1. The van der Waals surface area contributed by atoms with E-state index in [4.69, 9.17) is 16.6 Å². The summed E-state index contributed by atoms with van der Waals surface area (Å²) in [5.74, 6) is -0.108. The maximum atomic E-state index is 13.2. The molecule has 0 aliphatic rings. The highest BCUT2D eigenvalue weighted by molar-refractivity contribution is 7.14.